The highest BCUT2D eigenvalue weighted by Gasteiger charge is 2.41. The second-order valence-electron chi connectivity index (χ2n) is 4.72. The maximum absolute atomic E-state index is 12.7. The lowest BCUT2D eigenvalue weighted by Gasteiger charge is -2.27. The van der Waals surface area contributed by atoms with E-state index in [1.54, 1.807) is 12.1 Å². The third kappa shape index (κ3) is 2.86. The predicted octanol–water partition coefficient (Wildman–Crippen LogP) is 3.14. The van der Waals surface area contributed by atoms with Crippen LogP contribution in [0.1, 0.15) is 29.3 Å². The van der Waals surface area contributed by atoms with Crippen LogP contribution in [0.4, 0.5) is 0 Å². The van der Waals surface area contributed by atoms with E-state index in [1.807, 2.05) is 19.9 Å². The number of thioether (sulfide) groups is 1. The van der Waals surface area contributed by atoms with Crippen LogP contribution < -0.4 is 0 Å². The van der Waals surface area contributed by atoms with E-state index in [-0.39, 0.29) is 11.3 Å². The van der Waals surface area contributed by atoms with E-state index in [0.717, 1.165) is 16.5 Å². The van der Waals surface area contributed by atoms with Crippen LogP contribution in [0, 0.1) is 6.92 Å². The fourth-order valence-corrected chi connectivity index (χ4v) is 4.17. The number of rotatable bonds is 3. The highest BCUT2D eigenvalue weighted by atomic mass is 79.9. The third-order valence-corrected chi connectivity index (χ3v) is 5.33. The standard InChI is InChI=1S/C14H16BrNO3S/c1-3-12-16(11(7-20-12)14(18)19)13(17)10-5-4-9(15)6-8(10)2/h4-6,11-12H,3,7H2,1-2H3,(H,18,19). The van der Waals surface area contributed by atoms with Crippen LogP contribution in [0.3, 0.4) is 0 Å². The lowest BCUT2D eigenvalue weighted by Crippen LogP contribution is -2.45. The number of amides is 1. The second-order valence-corrected chi connectivity index (χ2v) is 6.85. The van der Waals surface area contributed by atoms with E-state index in [4.69, 9.17) is 0 Å². The number of nitrogens with zero attached hydrogens (tertiary/aromatic N) is 1. The van der Waals surface area contributed by atoms with Gasteiger partial charge in [0, 0.05) is 15.8 Å². The highest BCUT2D eigenvalue weighted by Crippen LogP contribution is 2.33. The quantitative estimate of drug-likeness (QED) is 0.902. The number of carbonyl (C=O) groups is 2. The second kappa shape index (κ2) is 6.18. The Bertz CT molecular complexity index is 549. The first-order valence-electron chi connectivity index (χ1n) is 6.39. The van der Waals surface area contributed by atoms with E-state index in [1.165, 1.54) is 16.7 Å². The fraction of sp³-hybridized carbons (Fsp3) is 0.429. The number of carboxylic acids is 1. The molecule has 20 heavy (non-hydrogen) atoms. The molecule has 108 valence electrons. The third-order valence-electron chi connectivity index (χ3n) is 3.38. The van der Waals surface area contributed by atoms with Gasteiger partial charge < -0.3 is 10.0 Å². The van der Waals surface area contributed by atoms with Crippen molar-refractivity contribution >= 4 is 39.6 Å². The maximum atomic E-state index is 12.7. The Balaban J connectivity index is 2.36. The Hall–Kier alpha value is -1.01. The van der Waals surface area contributed by atoms with Crippen LogP contribution in [-0.4, -0.2) is 39.1 Å². The number of halogens is 1. The lowest BCUT2D eigenvalue weighted by atomic mass is 10.1. The highest BCUT2D eigenvalue weighted by molar-refractivity contribution is 9.10. The number of benzene rings is 1. The molecule has 1 heterocycles. The van der Waals surface area contributed by atoms with Gasteiger partial charge in [-0.25, -0.2) is 4.79 Å². The van der Waals surface area contributed by atoms with Gasteiger partial charge in [0.15, 0.2) is 0 Å². The van der Waals surface area contributed by atoms with E-state index in [9.17, 15) is 14.7 Å². The molecule has 1 aromatic carbocycles. The molecule has 2 atom stereocenters. The molecular formula is C14H16BrNO3S. The number of carbonyl (C=O) groups excluding carboxylic acids is 1. The molecule has 1 saturated heterocycles. The van der Waals surface area contributed by atoms with E-state index in [2.05, 4.69) is 15.9 Å². The molecule has 6 heteroatoms. The molecule has 2 rings (SSSR count). The summed E-state index contributed by atoms with van der Waals surface area (Å²) in [6.07, 6.45) is 0.746. The molecule has 4 nitrogen and oxygen atoms in total. The molecule has 0 spiro atoms. The van der Waals surface area contributed by atoms with Crippen molar-refractivity contribution in [3.05, 3.63) is 33.8 Å². The van der Waals surface area contributed by atoms with Gasteiger partial charge in [0.2, 0.25) is 0 Å². The van der Waals surface area contributed by atoms with Gasteiger partial charge in [0.05, 0.1) is 5.37 Å². The predicted molar refractivity (Wildman–Crippen MR) is 83.0 cm³/mol. The lowest BCUT2D eigenvalue weighted by molar-refractivity contribution is -0.141. The number of carboxylic acid groups (broad SMARTS) is 1. The Morgan fingerprint density at radius 3 is 2.75 bits per heavy atom. The topological polar surface area (TPSA) is 57.6 Å². The van der Waals surface area contributed by atoms with E-state index >= 15 is 0 Å². The molecule has 1 aliphatic heterocycles. The minimum atomic E-state index is -0.934. The van der Waals surface area contributed by atoms with Gasteiger partial charge in [-0.05, 0) is 37.1 Å². The summed E-state index contributed by atoms with van der Waals surface area (Å²) in [5.41, 5.74) is 1.42. The molecule has 0 aromatic heterocycles. The van der Waals surface area contributed by atoms with Crippen LogP contribution >= 0.6 is 27.7 Å². The first kappa shape index (κ1) is 15.4. The maximum Gasteiger partial charge on any atom is 0.327 e. The SMILES string of the molecule is CCC1SCC(C(=O)O)N1C(=O)c1ccc(Br)cc1C. The van der Waals surface area contributed by atoms with Gasteiger partial charge in [-0.3, -0.25) is 4.79 Å². The zero-order chi connectivity index (χ0) is 14.9. The summed E-state index contributed by atoms with van der Waals surface area (Å²) in [6, 6.07) is 4.68. The normalized spacial score (nSPS) is 22.1. The molecule has 1 fully saturated rings. The van der Waals surface area contributed by atoms with Crippen molar-refractivity contribution in [1.82, 2.24) is 4.90 Å². The summed E-state index contributed by atoms with van der Waals surface area (Å²) in [7, 11) is 0. The van der Waals surface area contributed by atoms with Crippen LogP contribution in [-0.2, 0) is 4.79 Å². The first-order chi connectivity index (χ1) is 9.45. The average Bonchev–Trinajstić information content (AvgIpc) is 2.81. The minimum Gasteiger partial charge on any atom is -0.480 e. The van der Waals surface area contributed by atoms with Crippen LogP contribution in [0.15, 0.2) is 22.7 Å². The van der Waals surface area contributed by atoms with Crippen molar-refractivity contribution in [2.24, 2.45) is 0 Å². The van der Waals surface area contributed by atoms with Crippen molar-refractivity contribution in [3.8, 4) is 0 Å². The van der Waals surface area contributed by atoms with E-state index in [0.29, 0.717) is 11.3 Å². The molecule has 0 aliphatic carbocycles. The fourth-order valence-electron chi connectivity index (χ4n) is 2.35. The number of hydrogen-bond acceptors (Lipinski definition) is 3. The Labute approximate surface area is 130 Å². The Kier molecular flexibility index (Phi) is 4.75. The molecule has 1 amide bonds. The van der Waals surface area contributed by atoms with Crippen molar-refractivity contribution < 1.29 is 14.7 Å². The first-order valence-corrected chi connectivity index (χ1v) is 8.23. The minimum absolute atomic E-state index is 0.0633. The number of aliphatic carboxylic acids is 1. The summed E-state index contributed by atoms with van der Waals surface area (Å²) in [4.78, 5) is 25.5. The molecule has 1 N–H and O–H groups in total. The molecule has 0 saturated carbocycles. The average molecular weight is 358 g/mol. The largest absolute Gasteiger partial charge is 0.480 e. The molecule has 0 bridgehead atoms. The summed E-state index contributed by atoms with van der Waals surface area (Å²) < 4.78 is 0.907. The summed E-state index contributed by atoms with van der Waals surface area (Å²) in [5.74, 6) is -0.675. The molecule has 2 unspecified atom stereocenters. The van der Waals surface area contributed by atoms with Gasteiger partial charge in [0.25, 0.3) is 5.91 Å². The Morgan fingerprint density at radius 1 is 1.50 bits per heavy atom. The molecule has 1 aromatic rings. The zero-order valence-corrected chi connectivity index (χ0v) is 13.7. The van der Waals surface area contributed by atoms with Crippen molar-refractivity contribution in [1.29, 1.82) is 0 Å². The van der Waals surface area contributed by atoms with Crippen molar-refractivity contribution in [2.45, 2.75) is 31.7 Å². The summed E-state index contributed by atoms with van der Waals surface area (Å²) in [6.45, 7) is 3.83. The molecule has 0 radical (unpaired) electrons. The smallest absolute Gasteiger partial charge is 0.327 e. The number of aryl methyl sites for hydroxylation is 1. The molecule has 1 aliphatic rings. The van der Waals surface area contributed by atoms with Gasteiger partial charge in [0.1, 0.15) is 6.04 Å². The van der Waals surface area contributed by atoms with Crippen LogP contribution in [0.5, 0.6) is 0 Å². The zero-order valence-electron chi connectivity index (χ0n) is 11.3. The van der Waals surface area contributed by atoms with Gasteiger partial charge in [-0.15, -0.1) is 11.8 Å². The Morgan fingerprint density at radius 2 is 2.20 bits per heavy atom. The van der Waals surface area contributed by atoms with Crippen LogP contribution in [0.25, 0.3) is 0 Å². The van der Waals surface area contributed by atoms with Crippen LogP contribution in [0.2, 0.25) is 0 Å². The monoisotopic (exact) mass is 357 g/mol. The van der Waals surface area contributed by atoms with Gasteiger partial charge >= 0.3 is 5.97 Å². The molecular weight excluding hydrogens is 342 g/mol. The summed E-state index contributed by atoms with van der Waals surface area (Å²) >= 11 is 4.90. The van der Waals surface area contributed by atoms with Gasteiger partial charge in [-0.2, -0.15) is 0 Å². The van der Waals surface area contributed by atoms with Crippen molar-refractivity contribution in [3.63, 3.8) is 0 Å². The van der Waals surface area contributed by atoms with E-state index < -0.39 is 12.0 Å². The number of hydrogen-bond donors (Lipinski definition) is 1. The summed E-state index contributed by atoms with van der Waals surface area (Å²) in [5, 5.41) is 9.23. The van der Waals surface area contributed by atoms with Gasteiger partial charge in [-0.1, -0.05) is 22.9 Å². The van der Waals surface area contributed by atoms with Crippen molar-refractivity contribution in [2.75, 3.05) is 5.75 Å².